The minimum absolute atomic E-state index is 0. The molecule has 0 unspecified atom stereocenters. The first-order valence-corrected chi connectivity index (χ1v) is 15.1. The fourth-order valence-electron chi connectivity index (χ4n) is 3.38. The zero-order valence-corrected chi connectivity index (χ0v) is 27.0. The van der Waals surface area contributed by atoms with Gasteiger partial charge in [-0.15, -0.1) is 0 Å². The number of aromatic carboxylic acids is 1. The Morgan fingerprint density at radius 1 is 0.756 bits per heavy atom. The first-order valence-electron chi connectivity index (χ1n) is 12.4. The zero-order valence-electron chi connectivity index (χ0n) is 22.4. The number of hydrogen-bond donors (Lipinski definition) is 3. The van der Waals surface area contributed by atoms with Crippen molar-refractivity contribution in [2.24, 2.45) is 0 Å². The molecule has 4 aromatic carbocycles. The average Bonchev–Trinajstić information content (AvgIpc) is 2.94. The van der Waals surface area contributed by atoms with Gasteiger partial charge in [-0.05, 0) is 79.6 Å². The van der Waals surface area contributed by atoms with Gasteiger partial charge in [0.15, 0.2) is 0 Å². The third-order valence-corrected chi connectivity index (χ3v) is 6.95. The fourth-order valence-corrected chi connectivity index (χ4v) is 4.34. The van der Waals surface area contributed by atoms with E-state index in [2.05, 4.69) is 56.1 Å². The summed E-state index contributed by atoms with van der Waals surface area (Å²) in [5.74, 6) is 0.342. The Balaban J connectivity index is -0.000000586. The second-order valence-corrected chi connectivity index (χ2v) is 10.6. The molecule has 45 heavy (non-hydrogen) atoms. The van der Waals surface area contributed by atoms with E-state index in [9.17, 15) is 4.79 Å². The minimum atomic E-state index is -1.53. The lowest BCUT2D eigenvalue weighted by atomic mass is 9.79. The molecule has 3 N–H and O–H groups in total. The molecule has 0 aliphatic carbocycles. The highest BCUT2D eigenvalue weighted by molar-refractivity contribution is 9.10. The van der Waals surface area contributed by atoms with Gasteiger partial charge in [0.1, 0.15) is 11.5 Å². The van der Waals surface area contributed by atoms with Crippen LogP contribution in [0.1, 0.15) is 59.5 Å². The molecule has 248 valence electrons. The maximum absolute atomic E-state index is 10.3. The van der Waals surface area contributed by atoms with Crippen LogP contribution in [0.25, 0.3) is 11.1 Å². The van der Waals surface area contributed by atoms with Crippen LogP contribution >= 0.6 is 55.1 Å². The normalized spacial score (nSPS) is 9.07. The molecule has 0 amide bonds. The molecule has 0 atom stereocenters. The van der Waals surface area contributed by atoms with Gasteiger partial charge in [-0.25, -0.2) is 4.79 Å². The molecule has 4 rings (SSSR count). The summed E-state index contributed by atoms with van der Waals surface area (Å²) in [5.41, 5.74) is 4.10. The Morgan fingerprint density at radius 2 is 1.24 bits per heavy atom. The smallest absolute Gasteiger partial charge is 0.492 e. The summed E-state index contributed by atoms with van der Waals surface area (Å²) in [7, 11) is -1.53. The van der Waals surface area contributed by atoms with Crippen LogP contribution in [0.4, 0.5) is 0 Å². The van der Waals surface area contributed by atoms with Crippen LogP contribution in [0.5, 0.6) is 11.5 Å². The Kier molecular flexibility index (Phi) is 25.7. The number of benzene rings is 4. The highest BCUT2D eigenvalue weighted by atomic mass is 79.9. The molecule has 0 saturated carbocycles. The van der Waals surface area contributed by atoms with Gasteiger partial charge in [0.05, 0.1) is 18.8 Å². The molecule has 0 bridgehead atoms. The van der Waals surface area contributed by atoms with Crippen LogP contribution in [0.15, 0.2) is 89.4 Å². The van der Waals surface area contributed by atoms with Gasteiger partial charge in [0.2, 0.25) is 0 Å². The average molecular weight is 791 g/mol. The number of alkyl halides is 1. The van der Waals surface area contributed by atoms with Crippen molar-refractivity contribution in [3.05, 3.63) is 111 Å². The number of hydrogen-bond acceptors (Lipinski definition) is 5. The van der Waals surface area contributed by atoms with Crippen LogP contribution in [-0.2, 0) is 5.33 Å². The van der Waals surface area contributed by atoms with Crippen LogP contribution in [0.2, 0.25) is 10.0 Å². The summed E-state index contributed by atoms with van der Waals surface area (Å²) in [6.45, 7) is 4.87. The van der Waals surface area contributed by atoms with E-state index in [0.717, 1.165) is 26.7 Å². The Morgan fingerprint density at radius 3 is 1.71 bits per heavy atom. The second kappa shape index (κ2) is 24.7. The summed E-state index contributed by atoms with van der Waals surface area (Å²) in [6.07, 6.45) is 0. The number of carboxylic acids is 1. The van der Waals surface area contributed by atoms with E-state index in [1.807, 2.05) is 32.0 Å². The fraction of sp³-hybridized carbons (Fsp3) is 0.265. The lowest BCUT2D eigenvalue weighted by Crippen LogP contribution is -2.31. The quantitative estimate of drug-likeness (QED) is 0.122. The van der Waals surface area contributed by atoms with Gasteiger partial charge in [-0.3, -0.25) is 0 Å². The van der Waals surface area contributed by atoms with Crippen molar-refractivity contribution in [2.75, 3.05) is 13.2 Å². The summed E-state index contributed by atoms with van der Waals surface area (Å²) < 4.78 is 11.7. The summed E-state index contributed by atoms with van der Waals surface area (Å²) >= 11 is 18.4. The lowest BCUT2D eigenvalue weighted by molar-refractivity contribution is 0.0697. The number of carbonyl (C=O) groups is 1. The standard InChI is InChI=1S/C15H14BrClO.C8H10BClO3.C7H5BrO2.4CH4/c1-2-18-15-9-13(17)7-8-14(15)12-5-3-11(10-16)4-6-12;1-2-13-8-5-6(10)3-4-7(8)9(11)12;8-6-3-1-5(2-4-6)7(9)10;;;;/h3-9H,2,10H2,1H3;3-5,11-12H,2H2,1H3;1-4H,(H,9,10);4*1H4. The Hall–Kier alpha value is -2.53. The maximum Gasteiger partial charge on any atom is 0.492 e. The van der Waals surface area contributed by atoms with E-state index in [-0.39, 0.29) is 29.7 Å². The van der Waals surface area contributed by atoms with Crippen LogP contribution in [0, 0.1) is 0 Å². The molecule has 4 aromatic rings. The van der Waals surface area contributed by atoms with E-state index in [1.165, 1.54) is 11.6 Å². The predicted octanol–water partition coefficient (Wildman–Crippen LogP) is 10.4. The molecule has 11 heteroatoms. The molecule has 0 spiro atoms. The zero-order chi connectivity index (χ0) is 30.4. The topological polar surface area (TPSA) is 96.2 Å². The minimum Gasteiger partial charge on any atom is -0.494 e. The van der Waals surface area contributed by atoms with Gasteiger partial charge < -0.3 is 24.6 Å². The van der Waals surface area contributed by atoms with E-state index < -0.39 is 13.1 Å². The monoisotopic (exact) mass is 788 g/mol. The Bertz CT molecular complexity index is 1390. The number of ether oxygens (including phenoxy) is 2. The molecule has 0 heterocycles. The summed E-state index contributed by atoms with van der Waals surface area (Å²) in [6, 6.07) is 25.3. The van der Waals surface area contributed by atoms with Crippen molar-refractivity contribution in [3.8, 4) is 22.6 Å². The number of carboxylic acid groups (broad SMARTS) is 1. The first-order chi connectivity index (χ1) is 19.6. The van der Waals surface area contributed by atoms with Gasteiger partial charge in [-0.2, -0.15) is 0 Å². The van der Waals surface area contributed by atoms with Gasteiger partial charge in [0.25, 0.3) is 0 Å². The largest absolute Gasteiger partial charge is 0.494 e. The highest BCUT2D eigenvalue weighted by Crippen LogP contribution is 2.33. The molecule has 0 aliphatic heterocycles. The van der Waals surface area contributed by atoms with E-state index in [1.54, 1.807) is 36.4 Å². The van der Waals surface area contributed by atoms with Crippen LogP contribution in [-0.4, -0.2) is 41.5 Å². The van der Waals surface area contributed by atoms with Crippen molar-refractivity contribution in [1.82, 2.24) is 0 Å². The molecule has 0 aliphatic rings. The summed E-state index contributed by atoms with van der Waals surface area (Å²) in [4.78, 5) is 10.3. The molecule has 0 fully saturated rings. The van der Waals surface area contributed by atoms with E-state index in [4.69, 9.17) is 47.8 Å². The lowest BCUT2D eigenvalue weighted by Gasteiger charge is -2.11. The van der Waals surface area contributed by atoms with Crippen molar-refractivity contribution in [3.63, 3.8) is 0 Å². The molecule has 6 nitrogen and oxygen atoms in total. The van der Waals surface area contributed by atoms with Crippen molar-refractivity contribution in [2.45, 2.75) is 48.9 Å². The van der Waals surface area contributed by atoms with Crippen molar-refractivity contribution >= 4 is 73.6 Å². The SMILES string of the molecule is C.C.C.C.CCOc1cc(Cl)ccc1-c1ccc(CBr)cc1.CCOc1cc(Cl)ccc1B(O)O.O=C(O)c1ccc(Br)cc1. The van der Waals surface area contributed by atoms with Gasteiger partial charge in [-0.1, -0.05) is 115 Å². The van der Waals surface area contributed by atoms with E-state index in [0.29, 0.717) is 40.0 Å². The van der Waals surface area contributed by atoms with Crippen molar-refractivity contribution in [1.29, 1.82) is 0 Å². The first kappa shape index (κ1) is 46.9. The molecular formula is C34H45BBr2Cl2O6. The Labute approximate surface area is 296 Å². The van der Waals surface area contributed by atoms with Crippen LogP contribution in [0.3, 0.4) is 0 Å². The summed E-state index contributed by atoms with van der Waals surface area (Å²) in [5, 5.41) is 28.4. The van der Waals surface area contributed by atoms with Gasteiger partial charge >= 0.3 is 13.1 Å². The third-order valence-electron chi connectivity index (χ3n) is 5.31. The molecule has 0 aromatic heterocycles. The predicted molar refractivity (Wildman–Crippen MR) is 201 cm³/mol. The van der Waals surface area contributed by atoms with Crippen molar-refractivity contribution < 1.29 is 29.4 Å². The number of halogens is 4. The van der Waals surface area contributed by atoms with Gasteiger partial charge in [0, 0.05) is 30.9 Å². The van der Waals surface area contributed by atoms with Crippen LogP contribution < -0.4 is 14.9 Å². The number of rotatable bonds is 8. The molecule has 0 radical (unpaired) electrons. The maximum atomic E-state index is 10.3. The second-order valence-electron chi connectivity index (χ2n) is 8.20. The molecular weight excluding hydrogens is 746 g/mol. The third kappa shape index (κ3) is 16.0. The molecule has 0 saturated heterocycles. The highest BCUT2D eigenvalue weighted by Gasteiger charge is 2.16. The van der Waals surface area contributed by atoms with E-state index >= 15 is 0 Å².